The van der Waals surface area contributed by atoms with Crippen molar-refractivity contribution in [2.75, 3.05) is 26.4 Å². The van der Waals surface area contributed by atoms with Crippen LogP contribution in [-0.2, 0) is 37.5 Å². The van der Waals surface area contributed by atoms with Gasteiger partial charge in [0.2, 0.25) is 0 Å². The van der Waals surface area contributed by atoms with Crippen LogP contribution in [0, 0.1) is 17.8 Å². The third-order valence-electron chi connectivity index (χ3n) is 8.72. The van der Waals surface area contributed by atoms with E-state index in [1.165, 1.54) is 25.7 Å². The van der Waals surface area contributed by atoms with Crippen LogP contribution in [0.25, 0.3) is 0 Å². The van der Waals surface area contributed by atoms with Gasteiger partial charge in [-0.1, -0.05) is 115 Å². The molecular weight excluding hydrogens is 691 g/mol. The predicted molar refractivity (Wildman–Crippen MR) is 200 cm³/mol. The van der Waals surface area contributed by atoms with E-state index in [9.17, 15) is 34.1 Å². The number of hydrogen-bond acceptors (Lipinski definition) is 11. The van der Waals surface area contributed by atoms with Gasteiger partial charge in [-0.15, -0.1) is 0 Å². The van der Waals surface area contributed by atoms with E-state index in [4.69, 9.17) is 19.1 Å². The van der Waals surface area contributed by atoms with Crippen molar-refractivity contribution in [2.45, 2.75) is 148 Å². The highest BCUT2D eigenvalue weighted by atomic mass is 31.2. The fraction of sp³-hybridized carbons (Fsp3) is 0.769. The quantitative estimate of drug-likeness (QED) is 0.0237. The van der Waals surface area contributed by atoms with Gasteiger partial charge in [-0.05, 0) is 50.0 Å². The third kappa shape index (κ3) is 24.9. The Hall–Kier alpha value is -2.18. The van der Waals surface area contributed by atoms with Crippen molar-refractivity contribution in [3.63, 3.8) is 0 Å². The molecule has 0 fully saturated rings. The Bertz CT molecular complexity index is 1120. The Morgan fingerprint density at radius 1 is 0.865 bits per heavy atom. The molecule has 0 amide bonds. The molecule has 0 aromatic heterocycles. The Labute approximate surface area is 311 Å². The van der Waals surface area contributed by atoms with Crippen molar-refractivity contribution >= 4 is 25.5 Å². The largest absolute Gasteiger partial charge is 0.472 e. The van der Waals surface area contributed by atoms with Gasteiger partial charge in [0.05, 0.1) is 25.9 Å². The molecule has 1 unspecified atom stereocenters. The summed E-state index contributed by atoms with van der Waals surface area (Å²) >= 11 is 0. The number of carbonyl (C=O) groups is 3. The lowest BCUT2D eigenvalue weighted by atomic mass is 9.90. The van der Waals surface area contributed by atoms with Crippen LogP contribution < -0.4 is 0 Å². The van der Waals surface area contributed by atoms with Gasteiger partial charge in [0.1, 0.15) is 12.7 Å². The van der Waals surface area contributed by atoms with Gasteiger partial charge in [-0.3, -0.25) is 23.4 Å². The first kappa shape index (κ1) is 47.8. The second kappa shape index (κ2) is 29.2. The van der Waals surface area contributed by atoms with E-state index in [-0.39, 0.29) is 37.1 Å². The topological polar surface area (TPSA) is 186 Å². The molecule has 300 valence electrons. The molecule has 12 nitrogen and oxygen atoms in total. The number of phosphoric ester groups is 1. The fourth-order valence-electron chi connectivity index (χ4n) is 5.58. The molecule has 52 heavy (non-hydrogen) atoms. The minimum Gasteiger partial charge on any atom is -0.462 e. The molecule has 0 saturated carbocycles. The first-order valence-corrected chi connectivity index (χ1v) is 20.9. The number of rotatable bonds is 32. The van der Waals surface area contributed by atoms with E-state index in [1.807, 2.05) is 24.3 Å². The Morgan fingerprint density at radius 3 is 2.21 bits per heavy atom. The standard InChI is InChI=1S/C39H67O12P/c1-4-5-13-20-33(41)24-25-36-32(23-26-37(36)43)19-15-11-12-17-22-39(45)51-35(30-50-52(46,47)49-28-34(42)27-40)29-48-38(44)21-16-10-8-6-7-9-14-18-31(2)3/h11,15,23-26,31-36,40-42H,4-10,12-14,16-22,27-30H2,1-3H3,(H,46,47)/b15-11-,25-24+/t32-,33-,34-,35+,36+/m0/s1. The van der Waals surface area contributed by atoms with Gasteiger partial charge in [0.15, 0.2) is 11.9 Å². The summed E-state index contributed by atoms with van der Waals surface area (Å²) in [5, 5.41) is 28.5. The van der Waals surface area contributed by atoms with Gasteiger partial charge in [-0.25, -0.2) is 4.57 Å². The SMILES string of the molecule is CCCCC[C@H](O)/C=C/[C@H]1C(=O)C=C[C@@H]1C/C=C\CCCC(=O)O[C@H](COC(=O)CCCCCCCCCC(C)C)COP(=O)(O)OC[C@@H](O)CO. The van der Waals surface area contributed by atoms with E-state index in [2.05, 4.69) is 25.3 Å². The maximum Gasteiger partial charge on any atom is 0.472 e. The third-order valence-corrected chi connectivity index (χ3v) is 9.67. The Morgan fingerprint density at radius 2 is 1.52 bits per heavy atom. The number of hydrogen-bond donors (Lipinski definition) is 4. The maximum atomic E-state index is 12.6. The molecule has 4 N–H and O–H groups in total. The van der Waals surface area contributed by atoms with E-state index < -0.39 is 57.9 Å². The summed E-state index contributed by atoms with van der Waals surface area (Å²) in [5.74, 6) is -0.640. The minimum atomic E-state index is -4.67. The molecule has 1 aliphatic rings. The van der Waals surface area contributed by atoms with E-state index >= 15 is 0 Å². The highest BCUT2D eigenvalue weighted by molar-refractivity contribution is 7.47. The second-order valence-electron chi connectivity index (χ2n) is 14.1. The Kier molecular flexibility index (Phi) is 26.9. The van der Waals surface area contributed by atoms with Crippen LogP contribution in [0.2, 0.25) is 0 Å². The molecule has 0 radical (unpaired) electrons. The number of ketones is 1. The van der Waals surface area contributed by atoms with Crippen molar-refractivity contribution in [3.05, 3.63) is 36.5 Å². The summed E-state index contributed by atoms with van der Waals surface area (Å²) in [6.45, 7) is 4.26. The van der Waals surface area contributed by atoms with Crippen LogP contribution in [-0.4, -0.2) is 82.7 Å². The number of allylic oxidation sites excluding steroid dienone is 5. The van der Waals surface area contributed by atoms with E-state index in [0.717, 1.165) is 44.4 Å². The molecule has 0 aromatic carbocycles. The van der Waals surface area contributed by atoms with Gasteiger partial charge in [0.25, 0.3) is 0 Å². The molecule has 0 heterocycles. The lowest BCUT2D eigenvalue weighted by Gasteiger charge is -2.20. The van der Waals surface area contributed by atoms with Crippen LogP contribution in [0.1, 0.15) is 130 Å². The molecule has 0 spiro atoms. The summed E-state index contributed by atoms with van der Waals surface area (Å²) in [5.41, 5.74) is 0. The van der Waals surface area contributed by atoms with Crippen LogP contribution in [0.3, 0.4) is 0 Å². The predicted octanol–water partition coefficient (Wildman–Crippen LogP) is 7.08. The number of carbonyl (C=O) groups excluding carboxylic acids is 3. The van der Waals surface area contributed by atoms with Crippen LogP contribution in [0.15, 0.2) is 36.5 Å². The van der Waals surface area contributed by atoms with Gasteiger partial charge in [-0.2, -0.15) is 0 Å². The highest BCUT2D eigenvalue weighted by Crippen LogP contribution is 2.43. The summed E-state index contributed by atoms with van der Waals surface area (Å²) in [4.78, 5) is 47.3. The van der Waals surface area contributed by atoms with E-state index in [0.29, 0.717) is 32.1 Å². The average molecular weight is 759 g/mol. The van der Waals surface area contributed by atoms with Gasteiger partial charge < -0.3 is 29.7 Å². The lowest BCUT2D eigenvalue weighted by molar-refractivity contribution is -0.161. The van der Waals surface area contributed by atoms with Crippen molar-refractivity contribution in [2.24, 2.45) is 17.8 Å². The van der Waals surface area contributed by atoms with Crippen LogP contribution in [0.5, 0.6) is 0 Å². The number of aliphatic hydroxyl groups is 3. The summed E-state index contributed by atoms with van der Waals surface area (Å²) in [7, 11) is -4.67. The summed E-state index contributed by atoms with van der Waals surface area (Å²) < 4.78 is 32.5. The zero-order valence-electron chi connectivity index (χ0n) is 31.8. The van der Waals surface area contributed by atoms with Crippen molar-refractivity contribution in [1.82, 2.24) is 0 Å². The first-order valence-electron chi connectivity index (χ1n) is 19.4. The fourth-order valence-corrected chi connectivity index (χ4v) is 6.37. The van der Waals surface area contributed by atoms with Gasteiger partial charge in [0, 0.05) is 18.8 Å². The molecule has 0 bridgehead atoms. The number of unbranched alkanes of at least 4 members (excludes halogenated alkanes) is 9. The van der Waals surface area contributed by atoms with Crippen LogP contribution >= 0.6 is 7.82 Å². The number of phosphoric acid groups is 1. The number of ether oxygens (including phenoxy) is 2. The van der Waals surface area contributed by atoms with Crippen LogP contribution in [0.4, 0.5) is 0 Å². The Balaban J connectivity index is 2.52. The molecular formula is C39H67O12P. The number of aliphatic hydroxyl groups excluding tert-OH is 3. The lowest BCUT2D eigenvalue weighted by Crippen LogP contribution is -2.29. The monoisotopic (exact) mass is 758 g/mol. The first-order chi connectivity index (χ1) is 24.9. The molecule has 0 aromatic rings. The highest BCUT2D eigenvalue weighted by Gasteiger charge is 2.28. The zero-order valence-corrected chi connectivity index (χ0v) is 32.7. The van der Waals surface area contributed by atoms with Crippen molar-refractivity contribution in [3.8, 4) is 0 Å². The van der Waals surface area contributed by atoms with E-state index in [1.54, 1.807) is 12.2 Å². The molecule has 0 saturated heterocycles. The number of esters is 2. The van der Waals surface area contributed by atoms with Gasteiger partial charge >= 0.3 is 19.8 Å². The molecule has 0 aliphatic heterocycles. The minimum absolute atomic E-state index is 0.000863. The molecule has 13 heteroatoms. The van der Waals surface area contributed by atoms with Crippen molar-refractivity contribution < 1.29 is 57.7 Å². The molecule has 1 rings (SSSR count). The molecule has 6 atom stereocenters. The molecule has 1 aliphatic carbocycles. The summed E-state index contributed by atoms with van der Waals surface area (Å²) in [6, 6.07) is 0. The summed E-state index contributed by atoms with van der Waals surface area (Å²) in [6.07, 6.45) is 22.0. The maximum absolute atomic E-state index is 12.6. The normalized spacial score (nSPS) is 19.0. The zero-order chi connectivity index (χ0) is 38.6. The second-order valence-corrected chi connectivity index (χ2v) is 15.6. The smallest absolute Gasteiger partial charge is 0.462 e. The average Bonchev–Trinajstić information content (AvgIpc) is 3.46. The van der Waals surface area contributed by atoms with Crippen molar-refractivity contribution in [1.29, 1.82) is 0 Å².